The molecule has 0 spiro atoms. The van der Waals surface area contributed by atoms with Crippen LogP contribution in [0, 0.1) is 0 Å². The van der Waals surface area contributed by atoms with Crippen molar-refractivity contribution in [3.8, 4) is 0 Å². The van der Waals surface area contributed by atoms with Gasteiger partial charge in [0, 0.05) is 19.8 Å². The Kier molecular flexibility index (Phi) is 6.28. The van der Waals surface area contributed by atoms with E-state index in [2.05, 4.69) is 52.0 Å². The van der Waals surface area contributed by atoms with Gasteiger partial charge in [-0.2, -0.15) is 0 Å². The lowest BCUT2D eigenvalue weighted by atomic mass is 10.2. The minimum absolute atomic E-state index is 0.0956. The van der Waals surface area contributed by atoms with Crippen molar-refractivity contribution >= 4 is 13.2 Å². The highest BCUT2D eigenvalue weighted by Gasteiger charge is 2.19. The standard InChI is InChI=1S/C15H25O2P/c1-11(2)18(12(3)4)14-9-7-13(8-10-14)15(16-5)17-6/h7-12,15H,1-6H3. The summed E-state index contributed by atoms with van der Waals surface area (Å²) in [7, 11) is 3.23. The van der Waals surface area contributed by atoms with Gasteiger partial charge in [-0.1, -0.05) is 59.9 Å². The molecule has 0 N–H and O–H groups in total. The van der Waals surface area contributed by atoms with Crippen LogP contribution >= 0.6 is 7.92 Å². The molecule has 1 aromatic rings. The van der Waals surface area contributed by atoms with Crippen LogP contribution in [0.2, 0.25) is 0 Å². The molecule has 1 rings (SSSR count). The third-order valence-electron chi connectivity index (χ3n) is 3.00. The zero-order valence-corrected chi connectivity index (χ0v) is 13.2. The zero-order chi connectivity index (χ0) is 13.7. The highest BCUT2D eigenvalue weighted by molar-refractivity contribution is 7.66. The molecule has 0 saturated heterocycles. The van der Waals surface area contributed by atoms with Gasteiger partial charge in [0.1, 0.15) is 0 Å². The van der Waals surface area contributed by atoms with Gasteiger partial charge >= 0.3 is 0 Å². The van der Waals surface area contributed by atoms with Crippen LogP contribution in [-0.2, 0) is 9.47 Å². The lowest BCUT2D eigenvalue weighted by Crippen LogP contribution is -2.15. The number of rotatable bonds is 6. The van der Waals surface area contributed by atoms with Gasteiger partial charge in [0.2, 0.25) is 0 Å². The number of methoxy groups -OCH3 is 2. The molecule has 0 bridgehead atoms. The second-order valence-corrected chi connectivity index (χ2v) is 8.39. The molecule has 0 unspecified atom stereocenters. The molecule has 0 atom stereocenters. The summed E-state index contributed by atoms with van der Waals surface area (Å²) in [5, 5.41) is 1.46. The van der Waals surface area contributed by atoms with Crippen LogP contribution in [0.5, 0.6) is 0 Å². The summed E-state index contributed by atoms with van der Waals surface area (Å²) in [6, 6.07) is 8.69. The van der Waals surface area contributed by atoms with Crippen LogP contribution in [0.4, 0.5) is 0 Å². The van der Waals surface area contributed by atoms with Gasteiger partial charge in [-0.05, 0) is 16.6 Å². The lowest BCUT2D eigenvalue weighted by molar-refractivity contribution is -0.106. The Morgan fingerprint density at radius 1 is 0.833 bits per heavy atom. The predicted octanol–water partition coefficient (Wildman–Crippen LogP) is 3.90. The molecule has 0 aliphatic rings. The van der Waals surface area contributed by atoms with Crippen LogP contribution in [0.1, 0.15) is 39.5 Å². The zero-order valence-electron chi connectivity index (χ0n) is 12.3. The summed E-state index contributed by atoms with van der Waals surface area (Å²) >= 11 is 0. The average molecular weight is 268 g/mol. The Morgan fingerprint density at radius 2 is 1.28 bits per heavy atom. The maximum absolute atomic E-state index is 5.26. The van der Waals surface area contributed by atoms with E-state index < -0.39 is 0 Å². The van der Waals surface area contributed by atoms with E-state index in [1.807, 2.05) is 0 Å². The number of ether oxygens (including phenoxy) is 2. The molecule has 0 aliphatic heterocycles. The first-order valence-electron chi connectivity index (χ1n) is 6.45. The maximum atomic E-state index is 5.26. The summed E-state index contributed by atoms with van der Waals surface area (Å²) in [6.45, 7) is 9.25. The van der Waals surface area contributed by atoms with Gasteiger partial charge < -0.3 is 9.47 Å². The molecule has 0 saturated carbocycles. The first-order chi connectivity index (χ1) is 8.51. The predicted molar refractivity (Wildman–Crippen MR) is 80.0 cm³/mol. The summed E-state index contributed by atoms with van der Waals surface area (Å²) in [5.41, 5.74) is 2.50. The first-order valence-corrected chi connectivity index (χ1v) is 7.93. The molecule has 3 heteroatoms. The van der Waals surface area contributed by atoms with Gasteiger partial charge in [0.05, 0.1) is 0 Å². The van der Waals surface area contributed by atoms with Gasteiger partial charge in [-0.3, -0.25) is 0 Å². The van der Waals surface area contributed by atoms with E-state index in [4.69, 9.17) is 9.47 Å². The van der Waals surface area contributed by atoms with E-state index in [0.717, 1.165) is 5.56 Å². The van der Waals surface area contributed by atoms with Crippen LogP contribution in [0.25, 0.3) is 0 Å². The third-order valence-corrected chi connectivity index (χ3v) is 6.12. The largest absolute Gasteiger partial charge is 0.352 e. The summed E-state index contributed by atoms with van der Waals surface area (Å²) in [6.07, 6.45) is -0.261. The quantitative estimate of drug-likeness (QED) is 0.575. The second kappa shape index (κ2) is 7.23. The van der Waals surface area contributed by atoms with Crippen molar-refractivity contribution in [2.24, 2.45) is 0 Å². The Hall–Kier alpha value is -0.430. The summed E-state index contributed by atoms with van der Waals surface area (Å²) in [4.78, 5) is 0. The number of benzene rings is 1. The van der Waals surface area contributed by atoms with Crippen LogP contribution in [0.15, 0.2) is 24.3 Å². The van der Waals surface area contributed by atoms with Gasteiger partial charge in [0.15, 0.2) is 6.29 Å². The summed E-state index contributed by atoms with van der Waals surface area (Å²) in [5.74, 6) is 0. The van der Waals surface area contributed by atoms with Crippen molar-refractivity contribution in [1.82, 2.24) is 0 Å². The lowest BCUT2D eigenvalue weighted by Gasteiger charge is -2.26. The monoisotopic (exact) mass is 268 g/mol. The molecule has 0 amide bonds. The SMILES string of the molecule is COC(OC)c1ccc(P(C(C)C)C(C)C)cc1. The van der Waals surface area contributed by atoms with E-state index in [1.54, 1.807) is 14.2 Å². The van der Waals surface area contributed by atoms with E-state index in [0.29, 0.717) is 11.3 Å². The number of hydrogen-bond donors (Lipinski definition) is 0. The Bertz CT molecular complexity index is 334. The highest BCUT2D eigenvalue weighted by atomic mass is 31.1. The molecule has 0 fully saturated rings. The minimum atomic E-state index is -0.261. The smallest absolute Gasteiger partial charge is 0.183 e. The van der Waals surface area contributed by atoms with Crippen molar-refractivity contribution in [3.63, 3.8) is 0 Å². The molecule has 102 valence electrons. The Labute approximate surface area is 112 Å². The van der Waals surface area contributed by atoms with Crippen LogP contribution in [0.3, 0.4) is 0 Å². The van der Waals surface area contributed by atoms with Gasteiger partial charge in [-0.15, -0.1) is 0 Å². The number of hydrogen-bond acceptors (Lipinski definition) is 2. The molecule has 0 aliphatic carbocycles. The van der Waals surface area contributed by atoms with E-state index >= 15 is 0 Å². The Balaban J connectivity index is 2.93. The first kappa shape index (κ1) is 15.6. The topological polar surface area (TPSA) is 18.5 Å². The molecular formula is C15H25O2P. The fraction of sp³-hybridized carbons (Fsp3) is 0.600. The minimum Gasteiger partial charge on any atom is -0.352 e. The third kappa shape index (κ3) is 3.78. The normalized spacial score (nSPS) is 12.1. The molecular weight excluding hydrogens is 243 g/mol. The second-order valence-electron chi connectivity index (χ2n) is 4.99. The highest BCUT2D eigenvalue weighted by Crippen LogP contribution is 2.44. The van der Waals surface area contributed by atoms with Crippen LogP contribution < -0.4 is 5.30 Å². The van der Waals surface area contributed by atoms with Crippen molar-refractivity contribution in [2.75, 3.05) is 14.2 Å². The molecule has 18 heavy (non-hydrogen) atoms. The molecule has 0 aromatic heterocycles. The van der Waals surface area contributed by atoms with Crippen molar-refractivity contribution in [1.29, 1.82) is 0 Å². The summed E-state index contributed by atoms with van der Waals surface area (Å²) < 4.78 is 10.5. The Morgan fingerprint density at radius 3 is 1.61 bits per heavy atom. The van der Waals surface area contributed by atoms with Crippen molar-refractivity contribution in [2.45, 2.75) is 45.3 Å². The van der Waals surface area contributed by atoms with Crippen LogP contribution in [-0.4, -0.2) is 25.5 Å². The van der Waals surface area contributed by atoms with Crippen molar-refractivity contribution < 1.29 is 9.47 Å². The van der Waals surface area contributed by atoms with Gasteiger partial charge in [0.25, 0.3) is 0 Å². The molecule has 0 radical (unpaired) electrons. The van der Waals surface area contributed by atoms with Crippen molar-refractivity contribution in [3.05, 3.63) is 29.8 Å². The van der Waals surface area contributed by atoms with E-state index in [-0.39, 0.29) is 14.2 Å². The van der Waals surface area contributed by atoms with Gasteiger partial charge in [-0.25, -0.2) is 0 Å². The molecule has 2 nitrogen and oxygen atoms in total. The molecule has 0 heterocycles. The fourth-order valence-corrected chi connectivity index (χ4v) is 5.24. The average Bonchev–Trinajstić information content (AvgIpc) is 2.31. The van der Waals surface area contributed by atoms with E-state index in [9.17, 15) is 0 Å². The molecule has 1 aromatic carbocycles. The van der Waals surface area contributed by atoms with E-state index in [1.165, 1.54) is 5.30 Å². The fourth-order valence-electron chi connectivity index (χ4n) is 2.36. The maximum Gasteiger partial charge on any atom is 0.183 e.